The summed E-state index contributed by atoms with van der Waals surface area (Å²) in [5.41, 5.74) is 2.50. The first kappa shape index (κ1) is 14.5. The topological polar surface area (TPSA) is 41.9 Å². The van der Waals surface area contributed by atoms with Gasteiger partial charge in [0.05, 0.1) is 6.54 Å². The molecule has 106 valence electrons. The molecular formula is C15H20N4S. The lowest BCUT2D eigenvalue weighted by Crippen LogP contribution is -2.29. The van der Waals surface area contributed by atoms with E-state index in [-0.39, 0.29) is 0 Å². The molecule has 0 atom stereocenters. The molecule has 0 unspecified atom stereocenters. The average molecular weight is 288 g/mol. The second kappa shape index (κ2) is 7.05. The summed E-state index contributed by atoms with van der Waals surface area (Å²) in [5.74, 6) is 0.770. The van der Waals surface area contributed by atoms with Gasteiger partial charge in [0, 0.05) is 18.8 Å². The monoisotopic (exact) mass is 288 g/mol. The summed E-state index contributed by atoms with van der Waals surface area (Å²) >= 11 is 5.19. The highest BCUT2D eigenvalue weighted by Gasteiger charge is 2.02. The Kier molecular flexibility index (Phi) is 5.12. The van der Waals surface area contributed by atoms with Crippen molar-refractivity contribution >= 4 is 23.1 Å². The van der Waals surface area contributed by atoms with Crippen LogP contribution < -0.4 is 10.6 Å². The van der Waals surface area contributed by atoms with Gasteiger partial charge in [0.15, 0.2) is 10.9 Å². The molecule has 1 aromatic heterocycles. The summed E-state index contributed by atoms with van der Waals surface area (Å²) in [6.07, 6.45) is 3.00. The van der Waals surface area contributed by atoms with Gasteiger partial charge in [0.25, 0.3) is 0 Å². The molecule has 5 heteroatoms. The highest BCUT2D eigenvalue weighted by atomic mass is 32.1. The minimum Gasteiger partial charge on any atom is -0.362 e. The lowest BCUT2D eigenvalue weighted by atomic mass is 10.1. The number of aromatic nitrogens is 2. The third kappa shape index (κ3) is 4.35. The van der Waals surface area contributed by atoms with Crippen molar-refractivity contribution in [2.75, 3.05) is 11.9 Å². The van der Waals surface area contributed by atoms with Gasteiger partial charge in [0.2, 0.25) is 0 Å². The standard InChI is InChI=1S/C15H20N4S/c1-3-8-16-15(20)17-14-7-9-19(18-14)11-13-6-4-5-12(2)10-13/h4-7,9-10H,3,8,11H2,1-2H3,(H2,16,17,18,20). The number of benzene rings is 1. The van der Waals surface area contributed by atoms with Gasteiger partial charge in [-0.05, 0) is 31.1 Å². The van der Waals surface area contributed by atoms with Gasteiger partial charge < -0.3 is 10.6 Å². The van der Waals surface area contributed by atoms with Gasteiger partial charge in [-0.3, -0.25) is 4.68 Å². The smallest absolute Gasteiger partial charge is 0.171 e. The fourth-order valence-corrected chi connectivity index (χ4v) is 2.12. The van der Waals surface area contributed by atoms with E-state index in [4.69, 9.17) is 12.2 Å². The van der Waals surface area contributed by atoms with Gasteiger partial charge in [0.1, 0.15) is 0 Å². The summed E-state index contributed by atoms with van der Waals surface area (Å²) in [6, 6.07) is 10.4. The quantitative estimate of drug-likeness (QED) is 0.830. The van der Waals surface area contributed by atoms with E-state index < -0.39 is 0 Å². The Bertz CT molecular complexity index is 577. The normalized spacial score (nSPS) is 10.3. The Balaban J connectivity index is 1.93. The molecule has 0 aliphatic carbocycles. The van der Waals surface area contributed by atoms with Crippen LogP contribution in [0.5, 0.6) is 0 Å². The zero-order valence-electron chi connectivity index (χ0n) is 11.9. The number of thiocarbonyl (C=S) groups is 1. The number of nitrogens with one attached hydrogen (secondary N) is 2. The molecule has 0 aliphatic heterocycles. The molecule has 1 aromatic carbocycles. The molecule has 2 aromatic rings. The average Bonchev–Trinajstić information content (AvgIpc) is 2.83. The fourth-order valence-electron chi connectivity index (χ4n) is 1.91. The van der Waals surface area contributed by atoms with Crippen molar-refractivity contribution in [1.29, 1.82) is 0 Å². The van der Waals surface area contributed by atoms with Crippen molar-refractivity contribution in [1.82, 2.24) is 15.1 Å². The summed E-state index contributed by atoms with van der Waals surface area (Å²) in [7, 11) is 0. The van der Waals surface area contributed by atoms with Crippen LogP contribution in [0.1, 0.15) is 24.5 Å². The van der Waals surface area contributed by atoms with E-state index in [1.54, 1.807) is 0 Å². The Morgan fingerprint density at radius 3 is 2.95 bits per heavy atom. The van der Waals surface area contributed by atoms with Gasteiger partial charge in [-0.1, -0.05) is 36.8 Å². The van der Waals surface area contributed by atoms with E-state index in [2.05, 4.69) is 53.8 Å². The van der Waals surface area contributed by atoms with Gasteiger partial charge in [-0.25, -0.2) is 0 Å². The van der Waals surface area contributed by atoms with Crippen LogP contribution in [0.4, 0.5) is 5.82 Å². The number of aryl methyl sites for hydroxylation is 1. The predicted molar refractivity (Wildman–Crippen MR) is 87.0 cm³/mol. The van der Waals surface area contributed by atoms with Crippen molar-refractivity contribution in [3.8, 4) is 0 Å². The lowest BCUT2D eigenvalue weighted by molar-refractivity contribution is 0.689. The third-order valence-electron chi connectivity index (χ3n) is 2.84. The molecule has 0 saturated heterocycles. The van der Waals surface area contributed by atoms with E-state index in [1.165, 1.54) is 11.1 Å². The molecule has 20 heavy (non-hydrogen) atoms. The van der Waals surface area contributed by atoms with E-state index in [0.29, 0.717) is 5.11 Å². The van der Waals surface area contributed by atoms with Crippen LogP contribution in [-0.4, -0.2) is 21.4 Å². The lowest BCUT2D eigenvalue weighted by Gasteiger charge is -2.07. The Hall–Kier alpha value is -1.88. The van der Waals surface area contributed by atoms with Crippen molar-refractivity contribution in [2.45, 2.75) is 26.8 Å². The summed E-state index contributed by atoms with van der Waals surface area (Å²) < 4.78 is 1.90. The van der Waals surface area contributed by atoms with Gasteiger partial charge in [-0.15, -0.1) is 0 Å². The zero-order chi connectivity index (χ0) is 14.4. The second-order valence-electron chi connectivity index (χ2n) is 4.77. The minimum absolute atomic E-state index is 0.618. The number of hydrogen-bond acceptors (Lipinski definition) is 2. The maximum atomic E-state index is 5.19. The van der Waals surface area contributed by atoms with E-state index >= 15 is 0 Å². The molecule has 2 N–H and O–H groups in total. The predicted octanol–water partition coefficient (Wildman–Crippen LogP) is 2.94. The maximum Gasteiger partial charge on any atom is 0.171 e. The number of hydrogen-bond donors (Lipinski definition) is 2. The number of rotatable bonds is 5. The molecule has 1 heterocycles. The maximum absolute atomic E-state index is 5.19. The Morgan fingerprint density at radius 2 is 2.20 bits per heavy atom. The van der Waals surface area contributed by atoms with Crippen LogP contribution in [0.2, 0.25) is 0 Å². The van der Waals surface area contributed by atoms with Crippen LogP contribution in [0.3, 0.4) is 0 Å². The molecule has 2 rings (SSSR count). The first-order valence-electron chi connectivity index (χ1n) is 6.81. The van der Waals surface area contributed by atoms with E-state index in [9.17, 15) is 0 Å². The first-order chi connectivity index (χ1) is 9.67. The molecule has 0 aliphatic rings. The zero-order valence-corrected chi connectivity index (χ0v) is 12.7. The molecule has 0 bridgehead atoms. The van der Waals surface area contributed by atoms with Gasteiger partial charge >= 0.3 is 0 Å². The molecule has 0 amide bonds. The van der Waals surface area contributed by atoms with Crippen molar-refractivity contribution < 1.29 is 0 Å². The molecular weight excluding hydrogens is 268 g/mol. The first-order valence-corrected chi connectivity index (χ1v) is 7.22. The van der Waals surface area contributed by atoms with Crippen LogP contribution in [0.15, 0.2) is 36.5 Å². The van der Waals surface area contributed by atoms with Crippen LogP contribution >= 0.6 is 12.2 Å². The Labute approximate surface area is 125 Å². The van der Waals surface area contributed by atoms with Crippen molar-refractivity contribution in [2.24, 2.45) is 0 Å². The van der Waals surface area contributed by atoms with E-state index in [0.717, 1.165) is 25.3 Å². The highest BCUT2D eigenvalue weighted by molar-refractivity contribution is 7.80. The summed E-state index contributed by atoms with van der Waals surface area (Å²) in [5, 5.41) is 11.3. The van der Waals surface area contributed by atoms with Crippen LogP contribution in [0.25, 0.3) is 0 Å². The van der Waals surface area contributed by atoms with Crippen LogP contribution in [0, 0.1) is 6.92 Å². The molecule has 4 nitrogen and oxygen atoms in total. The van der Waals surface area contributed by atoms with Crippen molar-refractivity contribution in [3.05, 3.63) is 47.7 Å². The fraction of sp³-hybridized carbons (Fsp3) is 0.333. The molecule has 0 radical (unpaired) electrons. The van der Waals surface area contributed by atoms with E-state index in [1.807, 2.05) is 16.9 Å². The molecule has 0 spiro atoms. The Morgan fingerprint density at radius 1 is 1.35 bits per heavy atom. The summed E-state index contributed by atoms with van der Waals surface area (Å²) in [4.78, 5) is 0. The molecule has 0 saturated carbocycles. The minimum atomic E-state index is 0.618. The largest absolute Gasteiger partial charge is 0.362 e. The summed E-state index contributed by atoms with van der Waals surface area (Å²) in [6.45, 7) is 5.83. The molecule has 0 fully saturated rings. The number of anilines is 1. The second-order valence-corrected chi connectivity index (χ2v) is 5.18. The highest BCUT2D eigenvalue weighted by Crippen LogP contribution is 2.08. The third-order valence-corrected chi connectivity index (χ3v) is 3.09. The van der Waals surface area contributed by atoms with Gasteiger partial charge in [-0.2, -0.15) is 5.10 Å². The SMILES string of the molecule is CCCNC(=S)Nc1ccn(Cc2cccc(C)c2)n1. The number of nitrogens with zero attached hydrogens (tertiary/aromatic N) is 2. The van der Waals surface area contributed by atoms with Crippen LogP contribution in [-0.2, 0) is 6.54 Å². The van der Waals surface area contributed by atoms with Crippen molar-refractivity contribution in [3.63, 3.8) is 0 Å².